The summed E-state index contributed by atoms with van der Waals surface area (Å²) in [6.07, 6.45) is 8.77. The number of hydrogen-bond donors (Lipinski definition) is 0. The van der Waals surface area contributed by atoms with E-state index in [1.807, 2.05) is 0 Å². The van der Waals surface area contributed by atoms with Gasteiger partial charge in [-0.15, -0.1) is 0 Å². The molecule has 2 fully saturated rings. The van der Waals surface area contributed by atoms with E-state index >= 15 is 0 Å². The third kappa shape index (κ3) is 6.63. The SMILES string of the molecule is CC(C)[C@@H]1CC[C@@H](C)CC1OC(=O)C=CC(=O)O[C@@H]1C[C@H](C)CC[C@H]1C(C)C. The summed E-state index contributed by atoms with van der Waals surface area (Å²) in [7, 11) is 0. The Morgan fingerprint density at radius 1 is 0.714 bits per heavy atom. The molecule has 6 atom stereocenters. The molecule has 2 rings (SSSR count). The second-order valence-corrected chi connectivity index (χ2v) is 9.94. The molecule has 28 heavy (non-hydrogen) atoms. The van der Waals surface area contributed by atoms with E-state index in [-0.39, 0.29) is 12.2 Å². The van der Waals surface area contributed by atoms with Crippen LogP contribution in [0.1, 0.15) is 80.1 Å². The zero-order chi connectivity index (χ0) is 20.8. The van der Waals surface area contributed by atoms with Gasteiger partial charge in [0.25, 0.3) is 0 Å². The Kier molecular flexibility index (Phi) is 8.57. The summed E-state index contributed by atoms with van der Waals surface area (Å²) in [4.78, 5) is 24.6. The second-order valence-electron chi connectivity index (χ2n) is 9.94. The first-order valence-corrected chi connectivity index (χ1v) is 11.3. The maximum atomic E-state index is 12.3. The molecule has 0 aliphatic heterocycles. The minimum Gasteiger partial charge on any atom is -0.459 e. The van der Waals surface area contributed by atoms with Crippen molar-refractivity contribution in [2.75, 3.05) is 0 Å². The lowest BCUT2D eigenvalue weighted by Gasteiger charge is -2.36. The summed E-state index contributed by atoms with van der Waals surface area (Å²) in [6, 6.07) is 0. The van der Waals surface area contributed by atoms with E-state index in [0.29, 0.717) is 35.5 Å². The van der Waals surface area contributed by atoms with Crippen LogP contribution in [-0.4, -0.2) is 24.1 Å². The van der Waals surface area contributed by atoms with E-state index in [4.69, 9.17) is 9.47 Å². The fourth-order valence-corrected chi connectivity index (χ4v) is 5.01. The molecular formula is C24H40O4. The smallest absolute Gasteiger partial charge is 0.331 e. The van der Waals surface area contributed by atoms with E-state index in [0.717, 1.165) is 25.7 Å². The maximum Gasteiger partial charge on any atom is 0.331 e. The Hall–Kier alpha value is -1.32. The first-order valence-electron chi connectivity index (χ1n) is 11.3. The number of rotatable bonds is 6. The molecule has 0 N–H and O–H groups in total. The fourth-order valence-electron chi connectivity index (χ4n) is 5.01. The summed E-state index contributed by atoms with van der Waals surface area (Å²) in [6.45, 7) is 13.2. The van der Waals surface area contributed by atoms with Crippen molar-refractivity contribution in [1.29, 1.82) is 0 Å². The Bertz CT molecular complexity index is 503. The molecule has 1 unspecified atom stereocenters. The Labute approximate surface area is 171 Å². The van der Waals surface area contributed by atoms with E-state index in [9.17, 15) is 9.59 Å². The van der Waals surface area contributed by atoms with Crippen molar-refractivity contribution in [1.82, 2.24) is 0 Å². The molecule has 2 saturated carbocycles. The number of hydrogen-bond acceptors (Lipinski definition) is 4. The summed E-state index contributed by atoms with van der Waals surface area (Å²) >= 11 is 0. The van der Waals surface area contributed by atoms with Crippen molar-refractivity contribution in [3.05, 3.63) is 12.2 Å². The molecule has 0 saturated heterocycles. The van der Waals surface area contributed by atoms with Crippen LogP contribution in [0.3, 0.4) is 0 Å². The van der Waals surface area contributed by atoms with Crippen LogP contribution in [0, 0.1) is 35.5 Å². The Balaban J connectivity index is 1.89. The van der Waals surface area contributed by atoms with Gasteiger partial charge in [-0.3, -0.25) is 0 Å². The van der Waals surface area contributed by atoms with Gasteiger partial charge in [0.05, 0.1) is 0 Å². The van der Waals surface area contributed by atoms with Gasteiger partial charge in [0.1, 0.15) is 12.2 Å². The number of esters is 2. The lowest BCUT2D eigenvalue weighted by Crippen LogP contribution is -2.36. The van der Waals surface area contributed by atoms with Crippen LogP contribution >= 0.6 is 0 Å². The lowest BCUT2D eigenvalue weighted by molar-refractivity contribution is -0.152. The number of carbonyl (C=O) groups is 2. The van der Waals surface area contributed by atoms with Gasteiger partial charge in [-0.25, -0.2) is 9.59 Å². The average molecular weight is 393 g/mol. The summed E-state index contributed by atoms with van der Waals surface area (Å²) in [5, 5.41) is 0. The molecule has 0 aromatic rings. The molecule has 0 amide bonds. The van der Waals surface area contributed by atoms with Gasteiger partial charge in [0, 0.05) is 12.2 Å². The van der Waals surface area contributed by atoms with Gasteiger partial charge in [-0.05, 0) is 61.2 Å². The number of ether oxygens (including phenoxy) is 2. The van der Waals surface area contributed by atoms with Gasteiger partial charge in [0.15, 0.2) is 0 Å². The highest BCUT2D eigenvalue weighted by molar-refractivity contribution is 5.91. The van der Waals surface area contributed by atoms with Gasteiger partial charge < -0.3 is 9.47 Å². The highest BCUT2D eigenvalue weighted by Gasteiger charge is 2.34. The van der Waals surface area contributed by atoms with E-state index in [1.165, 1.54) is 25.0 Å². The molecule has 0 spiro atoms. The van der Waals surface area contributed by atoms with Gasteiger partial charge in [-0.1, -0.05) is 54.4 Å². The topological polar surface area (TPSA) is 52.6 Å². The van der Waals surface area contributed by atoms with Gasteiger partial charge >= 0.3 is 11.9 Å². The molecule has 0 bridgehead atoms. The third-order valence-corrected chi connectivity index (χ3v) is 6.81. The predicted octanol–water partition coefficient (Wildman–Crippen LogP) is 5.55. The first-order chi connectivity index (χ1) is 13.2. The highest BCUT2D eigenvalue weighted by atomic mass is 16.5. The molecule has 0 heterocycles. The fraction of sp³-hybridized carbons (Fsp3) is 0.833. The summed E-state index contributed by atoms with van der Waals surface area (Å²) in [5.41, 5.74) is 0. The minimum absolute atomic E-state index is 0.0542. The van der Waals surface area contributed by atoms with Crippen LogP contribution in [0.5, 0.6) is 0 Å². The largest absolute Gasteiger partial charge is 0.459 e. The minimum atomic E-state index is -0.431. The average Bonchev–Trinajstić information content (AvgIpc) is 2.59. The standard InChI is InChI=1S/C24H40O4/c1-15(2)19-9-7-17(5)13-21(19)27-23(25)11-12-24(26)28-22-14-18(6)8-10-20(22)16(3)4/h11-12,15-22H,7-10,13-14H2,1-6H3/t17-,18-,19+,20+,21-,22?/m1/s1. The van der Waals surface area contributed by atoms with Gasteiger partial charge in [-0.2, -0.15) is 0 Å². The van der Waals surface area contributed by atoms with Crippen LogP contribution in [0.4, 0.5) is 0 Å². The summed E-state index contributed by atoms with van der Waals surface area (Å²) < 4.78 is 11.4. The highest BCUT2D eigenvalue weighted by Crippen LogP contribution is 2.36. The van der Waals surface area contributed by atoms with Crippen molar-refractivity contribution in [3.8, 4) is 0 Å². The summed E-state index contributed by atoms with van der Waals surface area (Å²) in [5.74, 6) is 2.05. The van der Waals surface area contributed by atoms with Crippen LogP contribution in [0.2, 0.25) is 0 Å². The second kappa shape index (κ2) is 10.5. The van der Waals surface area contributed by atoms with Crippen LogP contribution < -0.4 is 0 Å². The van der Waals surface area contributed by atoms with E-state index in [1.54, 1.807) is 0 Å². The van der Waals surface area contributed by atoms with Gasteiger partial charge in [0.2, 0.25) is 0 Å². The van der Waals surface area contributed by atoms with Crippen molar-refractivity contribution >= 4 is 11.9 Å². The molecule has 0 radical (unpaired) electrons. The van der Waals surface area contributed by atoms with Crippen LogP contribution in [-0.2, 0) is 19.1 Å². The molecule has 4 heteroatoms. The first kappa shape index (κ1) is 23.0. The van der Waals surface area contributed by atoms with Crippen molar-refractivity contribution in [2.45, 2.75) is 92.3 Å². The normalized spacial score (nSPS) is 34.0. The van der Waals surface area contributed by atoms with Crippen molar-refractivity contribution in [2.24, 2.45) is 35.5 Å². The van der Waals surface area contributed by atoms with Crippen molar-refractivity contribution in [3.63, 3.8) is 0 Å². The zero-order valence-corrected chi connectivity index (χ0v) is 18.6. The van der Waals surface area contributed by atoms with Crippen LogP contribution in [0.25, 0.3) is 0 Å². The molecule has 0 aromatic carbocycles. The van der Waals surface area contributed by atoms with Crippen LogP contribution in [0.15, 0.2) is 12.2 Å². The molecule has 0 aromatic heterocycles. The Morgan fingerprint density at radius 2 is 1.07 bits per heavy atom. The zero-order valence-electron chi connectivity index (χ0n) is 18.6. The molecule has 4 nitrogen and oxygen atoms in total. The quantitative estimate of drug-likeness (QED) is 0.439. The maximum absolute atomic E-state index is 12.3. The monoisotopic (exact) mass is 392 g/mol. The van der Waals surface area contributed by atoms with Crippen molar-refractivity contribution < 1.29 is 19.1 Å². The van der Waals surface area contributed by atoms with E-state index in [2.05, 4.69) is 41.5 Å². The predicted molar refractivity (Wildman–Crippen MR) is 112 cm³/mol. The Morgan fingerprint density at radius 3 is 1.39 bits per heavy atom. The molecular weight excluding hydrogens is 352 g/mol. The molecule has 160 valence electrons. The number of carbonyl (C=O) groups excluding carboxylic acids is 2. The van der Waals surface area contributed by atoms with E-state index < -0.39 is 11.9 Å². The molecule has 2 aliphatic rings. The third-order valence-electron chi connectivity index (χ3n) is 6.81. The molecule has 2 aliphatic carbocycles. The lowest BCUT2D eigenvalue weighted by atomic mass is 9.75.